The van der Waals surface area contributed by atoms with Gasteiger partial charge in [0.15, 0.2) is 0 Å². The van der Waals surface area contributed by atoms with Crippen molar-refractivity contribution in [1.82, 2.24) is 0 Å². The average Bonchev–Trinajstić information content (AvgIpc) is 2.54. The van der Waals surface area contributed by atoms with E-state index in [1.165, 1.54) is 7.11 Å². The van der Waals surface area contributed by atoms with Gasteiger partial charge >= 0.3 is 11.9 Å². The first kappa shape index (κ1) is 16.3. The minimum atomic E-state index is -0.673. The van der Waals surface area contributed by atoms with E-state index >= 15 is 0 Å². The molecule has 0 aliphatic heterocycles. The van der Waals surface area contributed by atoms with Gasteiger partial charge in [0.25, 0.3) is 0 Å². The Hall–Kier alpha value is -2.04. The van der Waals surface area contributed by atoms with Crippen LogP contribution in [0.3, 0.4) is 0 Å². The standard InChI is InChI=1S/C17H23NO4/c1-22-16(19)11-4-12-2-7-14(8-3-12)18-15-9-5-13(6-10-15)17(20)21/h2-3,7-8,13,15,18H,4-6,9-11H2,1H3,(H,20,21). The Bertz CT molecular complexity index is 504. The molecule has 0 radical (unpaired) electrons. The predicted molar refractivity (Wildman–Crippen MR) is 83.8 cm³/mol. The van der Waals surface area contributed by atoms with Crippen LogP contribution in [0.15, 0.2) is 24.3 Å². The summed E-state index contributed by atoms with van der Waals surface area (Å²) in [5.41, 5.74) is 2.14. The van der Waals surface area contributed by atoms with E-state index in [4.69, 9.17) is 5.11 Å². The molecule has 0 atom stereocenters. The number of aliphatic carboxylic acids is 1. The molecule has 1 fully saturated rings. The van der Waals surface area contributed by atoms with Gasteiger partial charge in [0, 0.05) is 18.2 Å². The molecule has 0 heterocycles. The molecule has 0 aromatic heterocycles. The van der Waals surface area contributed by atoms with Crippen molar-refractivity contribution in [3.63, 3.8) is 0 Å². The van der Waals surface area contributed by atoms with Crippen molar-refractivity contribution in [2.75, 3.05) is 12.4 Å². The van der Waals surface area contributed by atoms with Crippen LogP contribution in [0.2, 0.25) is 0 Å². The Kier molecular flexibility index (Phi) is 5.81. The highest BCUT2D eigenvalue weighted by molar-refractivity contribution is 5.70. The maximum Gasteiger partial charge on any atom is 0.306 e. The molecule has 0 saturated heterocycles. The molecule has 1 saturated carbocycles. The van der Waals surface area contributed by atoms with Crippen molar-refractivity contribution < 1.29 is 19.4 Å². The van der Waals surface area contributed by atoms with Crippen molar-refractivity contribution in [2.45, 2.75) is 44.6 Å². The molecular formula is C17H23NO4. The molecule has 1 aliphatic carbocycles. The summed E-state index contributed by atoms with van der Waals surface area (Å²) < 4.78 is 4.63. The van der Waals surface area contributed by atoms with Crippen molar-refractivity contribution in [2.24, 2.45) is 5.92 Å². The molecule has 1 aromatic carbocycles. The number of carbonyl (C=O) groups is 2. The van der Waals surface area contributed by atoms with E-state index in [1.807, 2.05) is 24.3 Å². The number of anilines is 1. The average molecular weight is 305 g/mol. The number of carboxylic acids is 1. The van der Waals surface area contributed by atoms with Gasteiger partial charge in [-0.3, -0.25) is 9.59 Å². The number of methoxy groups -OCH3 is 1. The quantitative estimate of drug-likeness (QED) is 0.790. The highest BCUT2D eigenvalue weighted by atomic mass is 16.5. The number of carbonyl (C=O) groups excluding carboxylic acids is 1. The lowest BCUT2D eigenvalue weighted by atomic mass is 9.86. The van der Waals surface area contributed by atoms with Gasteiger partial charge in [-0.05, 0) is 49.8 Å². The second-order valence-electron chi connectivity index (χ2n) is 5.80. The summed E-state index contributed by atoms with van der Waals surface area (Å²) in [5.74, 6) is -1.05. The highest BCUT2D eigenvalue weighted by Gasteiger charge is 2.25. The van der Waals surface area contributed by atoms with E-state index in [9.17, 15) is 9.59 Å². The summed E-state index contributed by atoms with van der Waals surface area (Å²) in [6.45, 7) is 0. The van der Waals surface area contributed by atoms with Gasteiger partial charge in [-0.15, -0.1) is 0 Å². The first-order valence-corrected chi connectivity index (χ1v) is 7.73. The summed E-state index contributed by atoms with van der Waals surface area (Å²) in [6, 6.07) is 8.38. The van der Waals surface area contributed by atoms with E-state index in [1.54, 1.807) is 0 Å². The monoisotopic (exact) mass is 305 g/mol. The number of aryl methyl sites for hydroxylation is 1. The number of ether oxygens (including phenoxy) is 1. The van der Waals surface area contributed by atoms with Crippen LogP contribution in [0.1, 0.15) is 37.7 Å². The third-order valence-corrected chi connectivity index (χ3v) is 4.25. The minimum absolute atomic E-state index is 0.182. The number of nitrogens with one attached hydrogen (secondary N) is 1. The van der Waals surface area contributed by atoms with Gasteiger partial charge in [0.2, 0.25) is 0 Å². The second kappa shape index (κ2) is 7.82. The van der Waals surface area contributed by atoms with Gasteiger partial charge in [0.05, 0.1) is 13.0 Å². The zero-order chi connectivity index (χ0) is 15.9. The molecule has 5 nitrogen and oxygen atoms in total. The lowest BCUT2D eigenvalue weighted by molar-refractivity contribution is -0.143. The Labute approximate surface area is 130 Å². The Balaban J connectivity index is 1.79. The molecule has 0 amide bonds. The third-order valence-electron chi connectivity index (χ3n) is 4.25. The zero-order valence-corrected chi connectivity index (χ0v) is 12.9. The summed E-state index contributed by atoms with van der Waals surface area (Å²) in [6.07, 6.45) is 4.33. The maximum atomic E-state index is 11.1. The van der Waals surface area contributed by atoms with Crippen molar-refractivity contribution in [3.8, 4) is 0 Å². The number of carboxylic acid groups (broad SMARTS) is 1. The SMILES string of the molecule is COC(=O)CCc1ccc(NC2CCC(C(=O)O)CC2)cc1. The third kappa shape index (κ3) is 4.76. The number of benzene rings is 1. The van der Waals surface area contributed by atoms with Crippen LogP contribution in [0.5, 0.6) is 0 Å². The minimum Gasteiger partial charge on any atom is -0.481 e. The molecule has 1 aromatic rings. The second-order valence-corrected chi connectivity index (χ2v) is 5.80. The van der Waals surface area contributed by atoms with Crippen LogP contribution in [0.25, 0.3) is 0 Å². The molecule has 1 aliphatic rings. The summed E-state index contributed by atoms with van der Waals surface area (Å²) in [7, 11) is 1.40. The molecule has 5 heteroatoms. The molecule has 0 unspecified atom stereocenters. The normalized spacial score (nSPS) is 21.1. The van der Waals surface area contributed by atoms with Crippen LogP contribution >= 0.6 is 0 Å². The zero-order valence-electron chi connectivity index (χ0n) is 12.9. The predicted octanol–water partition coefficient (Wildman–Crippen LogP) is 2.85. The first-order valence-electron chi connectivity index (χ1n) is 7.73. The number of hydrogen-bond donors (Lipinski definition) is 2. The van der Waals surface area contributed by atoms with Crippen LogP contribution in [0.4, 0.5) is 5.69 Å². The van der Waals surface area contributed by atoms with Crippen molar-refractivity contribution in [3.05, 3.63) is 29.8 Å². The van der Waals surface area contributed by atoms with Gasteiger partial charge in [-0.2, -0.15) is 0 Å². The van der Waals surface area contributed by atoms with E-state index in [-0.39, 0.29) is 11.9 Å². The summed E-state index contributed by atoms with van der Waals surface area (Å²) in [4.78, 5) is 22.0. The van der Waals surface area contributed by atoms with E-state index in [0.29, 0.717) is 18.9 Å². The Morgan fingerprint density at radius 2 is 1.82 bits per heavy atom. The van der Waals surface area contributed by atoms with E-state index < -0.39 is 5.97 Å². The number of rotatable bonds is 6. The molecule has 0 bridgehead atoms. The lowest BCUT2D eigenvalue weighted by Crippen LogP contribution is -2.29. The Morgan fingerprint density at radius 1 is 1.18 bits per heavy atom. The fourth-order valence-corrected chi connectivity index (χ4v) is 2.84. The molecule has 0 spiro atoms. The molecule has 120 valence electrons. The topological polar surface area (TPSA) is 75.6 Å². The number of hydrogen-bond acceptors (Lipinski definition) is 4. The molecule has 22 heavy (non-hydrogen) atoms. The summed E-state index contributed by atoms with van der Waals surface area (Å²) in [5, 5.41) is 12.5. The number of esters is 1. The largest absolute Gasteiger partial charge is 0.481 e. The van der Waals surface area contributed by atoms with Gasteiger partial charge in [-0.25, -0.2) is 0 Å². The van der Waals surface area contributed by atoms with Crippen molar-refractivity contribution in [1.29, 1.82) is 0 Å². The smallest absolute Gasteiger partial charge is 0.306 e. The van der Waals surface area contributed by atoms with Crippen LogP contribution in [-0.2, 0) is 20.7 Å². The van der Waals surface area contributed by atoms with Crippen LogP contribution < -0.4 is 5.32 Å². The fraction of sp³-hybridized carbons (Fsp3) is 0.529. The molecular weight excluding hydrogens is 282 g/mol. The van der Waals surface area contributed by atoms with Gasteiger partial charge in [0.1, 0.15) is 0 Å². The molecule has 2 N–H and O–H groups in total. The van der Waals surface area contributed by atoms with Crippen molar-refractivity contribution >= 4 is 17.6 Å². The van der Waals surface area contributed by atoms with Crippen LogP contribution in [0, 0.1) is 5.92 Å². The molecule has 2 rings (SSSR count). The first-order chi connectivity index (χ1) is 10.6. The van der Waals surface area contributed by atoms with Gasteiger partial charge < -0.3 is 15.2 Å². The van der Waals surface area contributed by atoms with Crippen LogP contribution in [-0.4, -0.2) is 30.2 Å². The summed E-state index contributed by atoms with van der Waals surface area (Å²) >= 11 is 0. The Morgan fingerprint density at radius 3 is 2.36 bits per heavy atom. The maximum absolute atomic E-state index is 11.1. The van der Waals surface area contributed by atoms with E-state index in [0.717, 1.165) is 36.9 Å². The highest BCUT2D eigenvalue weighted by Crippen LogP contribution is 2.26. The van der Waals surface area contributed by atoms with E-state index in [2.05, 4.69) is 10.1 Å². The lowest BCUT2D eigenvalue weighted by Gasteiger charge is -2.27. The fourth-order valence-electron chi connectivity index (χ4n) is 2.84. The van der Waals surface area contributed by atoms with Gasteiger partial charge in [-0.1, -0.05) is 12.1 Å².